The fourth-order valence-electron chi connectivity index (χ4n) is 3.45. The normalized spacial score (nSPS) is 21.6. The van der Waals surface area contributed by atoms with Gasteiger partial charge in [0.25, 0.3) is 0 Å². The van der Waals surface area contributed by atoms with Crippen LogP contribution in [0.2, 0.25) is 0 Å². The number of ether oxygens (including phenoxy) is 2. The lowest BCUT2D eigenvalue weighted by molar-refractivity contribution is 0.00474. The van der Waals surface area contributed by atoms with E-state index in [1.807, 2.05) is 6.07 Å². The molecule has 1 aromatic rings. The van der Waals surface area contributed by atoms with Crippen LogP contribution in [0, 0.1) is 5.41 Å². The van der Waals surface area contributed by atoms with Gasteiger partial charge in [0, 0.05) is 32.2 Å². The molecule has 1 aromatic carbocycles. The van der Waals surface area contributed by atoms with E-state index in [1.165, 1.54) is 7.11 Å². The second-order valence-electron chi connectivity index (χ2n) is 6.55. The number of piperidine rings is 1. The molecule has 2 rings (SSSR count). The average Bonchev–Trinajstić information content (AvgIpc) is 2.60. The van der Waals surface area contributed by atoms with E-state index in [9.17, 15) is 15.0 Å². The van der Waals surface area contributed by atoms with Gasteiger partial charge in [-0.05, 0) is 43.5 Å². The number of carboxylic acid groups (broad SMARTS) is 1. The summed E-state index contributed by atoms with van der Waals surface area (Å²) in [4.78, 5) is 13.6. The van der Waals surface area contributed by atoms with Crippen molar-refractivity contribution in [3.63, 3.8) is 0 Å². The van der Waals surface area contributed by atoms with Gasteiger partial charge in [0.15, 0.2) is 0 Å². The van der Waals surface area contributed by atoms with Gasteiger partial charge in [0.1, 0.15) is 11.3 Å². The lowest BCUT2D eigenvalue weighted by Crippen LogP contribution is -2.45. The fraction of sp³-hybridized carbons (Fsp3) is 0.611. The zero-order valence-electron chi connectivity index (χ0n) is 14.5. The highest BCUT2D eigenvalue weighted by Crippen LogP contribution is 2.34. The van der Waals surface area contributed by atoms with Crippen molar-refractivity contribution in [3.8, 4) is 5.75 Å². The van der Waals surface area contributed by atoms with E-state index in [0.29, 0.717) is 18.9 Å². The highest BCUT2D eigenvalue weighted by Gasteiger charge is 2.34. The second-order valence-corrected chi connectivity index (χ2v) is 6.55. The van der Waals surface area contributed by atoms with Gasteiger partial charge < -0.3 is 19.7 Å². The summed E-state index contributed by atoms with van der Waals surface area (Å²) in [6.45, 7) is 3.19. The smallest absolute Gasteiger partial charge is 0.339 e. The van der Waals surface area contributed by atoms with Gasteiger partial charge >= 0.3 is 5.97 Å². The second kappa shape index (κ2) is 8.46. The van der Waals surface area contributed by atoms with Crippen LogP contribution >= 0.6 is 0 Å². The molecule has 0 spiro atoms. The minimum Gasteiger partial charge on any atom is -0.496 e. The van der Waals surface area contributed by atoms with E-state index in [4.69, 9.17) is 9.47 Å². The molecule has 134 valence electrons. The Hall–Kier alpha value is -1.63. The van der Waals surface area contributed by atoms with Crippen molar-refractivity contribution >= 4 is 5.97 Å². The summed E-state index contributed by atoms with van der Waals surface area (Å²) < 4.78 is 10.3. The SMILES string of the molecule is COCCC1(CO)CCCN(Cc2ccc(OC)c(C(=O)O)c2)C1. The molecule has 0 amide bonds. The average molecular weight is 337 g/mol. The van der Waals surface area contributed by atoms with E-state index < -0.39 is 5.97 Å². The molecule has 0 bridgehead atoms. The van der Waals surface area contributed by atoms with E-state index in [1.54, 1.807) is 19.2 Å². The third kappa shape index (κ3) is 4.47. The number of hydrogen-bond acceptors (Lipinski definition) is 5. The van der Waals surface area contributed by atoms with Crippen molar-refractivity contribution in [1.29, 1.82) is 0 Å². The van der Waals surface area contributed by atoms with Crippen LogP contribution in [0.3, 0.4) is 0 Å². The molecule has 1 unspecified atom stereocenters. The molecule has 1 fully saturated rings. The first-order valence-electron chi connectivity index (χ1n) is 8.26. The molecular weight excluding hydrogens is 310 g/mol. The number of hydrogen-bond donors (Lipinski definition) is 2. The molecule has 0 aromatic heterocycles. The number of rotatable bonds is 8. The van der Waals surface area contributed by atoms with Gasteiger partial charge in [-0.3, -0.25) is 4.90 Å². The molecule has 24 heavy (non-hydrogen) atoms. The number of aliphatic hydroxyl groups is 1. The van der Waals surface area contributed by atoms with Crippen LogP contribution in [-0.4, -0.2) is 61.6 Å². The summed E-state index contributed by atoms with van der Waals surface area (Å²) in [6, 6.07) is 5.27. The van der Waals surface area contributed by atoms with E-state index in [2.05, 4.69) is 4.90 Å². The van der Waals surface area contributed by atoms with Gasteiger partial charge in [-0.1, -0.05) is 6.07 Å². The Kier molecular flexibility index (Phi) is 6.60. The van der Waals surface area contributed by atoms with E-state index >= 15 is 0 Å². The molecule has 0 aliphatic carbocycles. The predicted octanol–water partition coefficient (Wildman–Crippen LogP) is 2.00. The Morgan fingerprint density at radius 3 is 2.79 bits per heavy atom. The highest BCUT2D eigenvalue weighted by atomic mass is 16.5. The van der Waals surface area contributed by atoms with Crippen molar-refractivity contribution in [3.05, 3.63) is 29.3 Å². The largest absolute Gasteiger partial charge is 0.496 e. The van der Waals surface area contributed by atoms with Gasteiger partial charge in [-0.25, -0.2) is 4.79 Å². The Balaban J connectivity index is 2.10. The molecule has 6 heteroatoms. The topological polar surface area (TPSA) is 79.2 Å². The molecular formula is C18H27NO5. The Labute approximate surface area is 143 Å². The number of likely N-dealkylation sites (tertiary alicyclic amines) is 1. The van der Waals surface area contributed by atoms with Gasteiger partial charge in [0.05, 0.1) is 13.7 Å². The summed E-state index contributed by atoms with van der Waals surface area (Å²) in [6.07, 6.45) is 2.85. The quantitative estimate of drug-likeness (QED) is 0.755. The molecule has 1 heterocycles. The van der Waals surface area contributed by atoms with E-state index in [0.717, 1.165) is 37.9 Å². The fourth-order valence-corrected chi connectivity index (χ4v) is 3.45. The monoisotopic (exact) mass is 337 g/mol. The lowest BCUT2D eigenvalue weighted by atomic mass is 9.78. The van der Waals surface area contributed by atoms with Crippen LogP contribution in [0.15, 0.2) is 18.2 Å². The zero-order valence-corrected chi connectivity index (χ0v) is 14.5. The minimum absolute atomic E-state index is 0.129. The molecule has 2 N–H and O–H groups in total. The summed E-state index contributed by atoms with van der Waals surface area (Å²) >= 11 is 0. The van der Waals surface area contributed by atoms with Gasteiger partial charge in [-0.2, -0.15) is 0 Å². The third-order valence-corrected chi connectivity index (χ3v) is 4.81. The number of carboxylic acids is 1. The predicted molar refractivity (Wildman–Crippen MR) is 90.5 cm³/mol. The van der Waals surface area contributed by atoms with E-state index in [-0.39, 0.29) is 17.6 Å². The molecule has 1 aliphatic heterocycles. The van der Waals surface area contributed by atoms with Crippen molar-refractivity contribution in [2.75, 3.05) is 40.5 Å². The van der Waals surface area contributed by atoms with Crippen molar-refractivity contribution in [2.24, 2.45) is 5.41 Å². The Morgan fingerprint density at radius 1 is 1.38 bits per heavy atom. The van der Waals surface area contributed by atoms with Gasteiger partial charge in [0.2, 0.25) is 0 Å². The Morgan fingerprint density at radius 2 is 2.17 bits per heavy atom. The van der Waals surface area contributed by atoms with Crippen molar-refractivity contribution < 1.29 is 24.5 Å². The number of aliphatic hydroxyl groups excluding tert-OH is 1. The summed E-state index contributed by atoms with van der Waals surface area (Å²) in [7, 11) is 3.15. The van der Waals surface area contributed by atoms with Crippen LogP contribution in [0.4, 0.5) is 0 Å². The standard InChI is InChI=1S/C18H27NO5/c1-23-9-7-18(13-20)6-3-8-19(12-18)11-14-4-5-16(24-2)15(10-14)17(21)22/h4-5,10,20H,3,6-9,11-13H2,1-2H3,(H,21,22). The number of benzene rings is 1. The maximum Gasteiger partial charge on any atom is 0.339 e. The zero-order chi connectivity index (χ0) is 17.6. The first-order chi connectivity index (χ1) is 11.5. The number of carbonyl (C=O) groups is 1. The van der Waals surface area contributed by atoms with Crippen molar-refractivity contribution in [1.82, 2.24) is 4.90 Å². The summed E-state index contributed by atoms with van der Waals surface area (Å²) in [5.74, 6) is -0.619. The first-order valence-corrected chi connectivity index (χ1v) is 8.26. The number of aromatic carboxylic acids is 1. The highest BCUT2D eigenvalue weighted by molar-refractivity contribution is 5.91. The van der Waals surface area contributed by atoms with Gasteiger partial charge in [-0.15, -0.1) is 0 Å². The molecule has 1 saturated heterocycles. The maximum absolute atomic E-state index is 11.4. The van der Waals surface area contributed by atoms with Crippen LogP contribution in [0.5, 0.6) is 5.75 Å². The van der Waals surface area contributed by atoms with Crippen molar-refractivity contribution in [2.45, 2.75) is 25.8 Å². The summed E-state index contributed by atoms with van der Waals surface area (Å²) in [5.41, 5.74) is 0.990. The van der Waals surface area contributed by atoms with Crippen LogP contribution in [-0.2, 0) is 11.3 Å². The molecule has 0 radical (unpaired) electrons. The maximum atomic E-state index is 11.4. The number of methoxy groups -OCH3 is 2. The lowest BCUT2D eigenvalue weighted by Gasteiger charge is -2.42. The van der Waals surface area contributed by atoms with Crippen LogP contribution in [0.1, 0.15) is 35.2 Å². The molecule has 1 atom stereocenters. The summed E-state index contributed by atoms with van der Waals surface area (Å²) in [5, 5.41) is 19.2. The third-order valence-electron chi connectivity index (χ3n) is 4.81. The Bertz CT molecular complexity index is 562. The first kappa shape index (κ1) is 18.7. The van der Waals surface area contributed by atoms with Crippen LogP contribution < -0.4 is 4.74 Å². The molecule has 6 nitrogen and oxygen atoms in total. The minimum atomic E-state index is -0.989. The number of nitrogens with zero attached hydrogens (tertiary/aromatic N) is 1. The molecule has 0 saturated carbocycles. The van der Waals surface area contributed by atoms with Crippen LogP contribution in [0.25, 0.3) is 0 Å². The molecule has 1 aliphatic rings.